The quantitative estimate of drug-likeness (QED) is 0.514. The molecule has 134 valence electrons. The largest absolute Gasteiger partial charge is 0.465 e. The molecule has 0 radical (unpaired) electrons. The molecule has 0 aliphatic carbocycles. The van der Waals surface area contributed by atoms with Crippen molar-refractivity contribution in [2.75, 3.05) is 7.11 Å². The Labute approximate surface area is 159 Å². The number of esters is 1. The zero-order valence-corrected chi connectivity index (χ0v) is 15.2. The summed E-state index contributed by atoms with van der Waals surface area (Å²) in [4.78, 5) is 42.2. The lowest BCUT2D eigenvalue weighted by Gasteiger charge is -2.11. The third-order valence-corrected chi connectivity index (χ3v) is 5.24. The molecule has 7 heteroatoms. The Hall–Kier alpha value is -3.32. The maximum atomic E-state index is 12.5. The molecular formula is C20H14N2O4S. The summed E-state index contributed by atoms with van der Waals surface area (Å²) in [6.07, 6.45) is 0. The van der Waals surface area contributed by atoms with Crippen molar-refractivity contribution in [2.24, 2.45) is 0 Å². The second kappa shape index (κ2) is 6.77. The van der Waals surface area contributed by atoms with Crippen LogP contribution in [0.15, 0.2) is 53.9 Å². The minimum atomic E-state index is -0.396. The predicted octanol–water partition coefficient (Wildman–Crippen LogP) is 3.39. The van der Waals surface area contributed by atoms with E-state index in [-0.39, 0.29) is 18.4 Å². The molecule has 27 heavy (non-hydrogen) atoms. The van der Waals surface area contributed by atoms with Crippen LogP contribution in [0.4, 0.5) is 0 Å². The van der Waals surface area contributed by atoms with Gasteiger partial charge < -0.3 is 4.74 Å². The molecule has 0 bridgehead atoms. The van der Waals surface area contributed by atoms with Crippen LogP contribution in [0.1, 0.15) is 36.8 Å². The highest BCUT2D eigenvalue weighted by Crippen LogP contribution is 2.28. The van der Waals surface area contributed by atoms with Crippen molar-refractivity contribution in [1.29, 1.82) is 0 Å². The Balaban J connectivity index is 1.53. The molecule has 0 atom stereocenters. The Kier molecular flexibility index (Phi) is 4.29. The van der Waals surface area contributed by atoms with E-state index in [2.05, 4.69) is 9.72 Å². The van der Waals surface area contributed by atoms with Crippen LogP contribution in [0.2, 0.25) is 0 Å². The van der Waals surface area contributed by atoms with Gasteiger partial charge in [0, 0.05) is 10.9 Å². The van der Waals surface area contributed by atoms with E-state index in [1.54, 1.807) is 48.5 Å². The summed E-state index contributed by atoms with van der Waals surface area (Å²) >= 11 is 1.42. The Morgan fingerprint density at radius 1 is 1.04 bits per heavy atom. The molecule has 2 aromatic carbocycles. The first-order valence-corrected chi connectivity index (χ1v) is 9.05. The van der Waals surface area contributed by atoms with E-state index < -0.39 is 5.97 Å². The molecule has 0 saturated heterocycles. The first-order valence-electron chi connectivity index (χ1n) is 8.17. The van der Waals surface area contributed by atoms with Crippen molar-refractivity contribution in [1.82, 2.24) is 9.88 Å². The molecule has 4 rings (SSSR count). The molecule has 1 aliphatic heterocycles. The lowest BCUT2D eigenvalue weighted by Crippen LogP contribution is -2.29. The minimum absolute atomic E-state index is 0.128. The van der Waals surface area contributed by atoms with Crippen LogP contribution in [-0.4, -0.2) is 34.8 Å². The van der Waals surface area contributed by atoms with Crippen molar-refractivity contribution in [3.8, 4) is 10.6 Å². The van der Waals surface area contributed by atoms with Gasteiger partial charge in [-0.3, -0.25) is 14.5 Å². The lowest BCUT2D eigenvalue weighted by molar-refractivity contribution is 0.0597. The molecule has 3 aromatic rings. The number of fused-ring (bicyclic) bond motifs is 1. The molecular weight excluding hydrogens is 364 g/mol. The number of carbonyl (C=O) groups excluding carboxylic acids is 3. The number of carbonyl (C=O) groups is 3. The van der Waals surface area contributed by atoms with Crippen LogP contribution in [0.5, 0.6) is 0 Å². The highest BCUT2D eigenvalue weighted by molar-refractivity contribution is 7.13. The summed E-state index contributed by atoms with van der Waals surface area (Å²) < 4.78 is 4.69. The minimum Gasteiger partial charge on any atom is -0.465 e. The number of methoxy groups -OCH3 is 1. The van der Waals surface area contributed by atoms with E-state index in [0.717, 1.165) is 10.6 Å². The third kappa shape index (κ3) is 3.02. The molecule has 6 nitrogen and oxygen atoms in total. The fraction of sp³-hybridized carbons (Fsp3) is 0.100. The Bertz CT molecular complexity index is 1020. The van der Waals surface area contributed by atoms with E-state index in [4.69, 9.17) is 0 Å². The number of imide groups is 1. The number of rotatable bonds is 4. The molecule has 0 fully saturated rings. The molecule has 1 aromatic heterocycles. The lowest BCUT2D eigenvalue weighted by atomic mass is 10.1. The number of thiazole rings is 1. The van der Waals surface area contributed by atoms with Gasteiger partial charge in [0.05, 0.1) is 36.0 Å². The van der Waals surface area contributed by atoms with Crippen molar-refractivity contribution in [2.45, 2.75) is 6.54 Å². The zero-order chi connectivity index (χ0) is 19.0. The average molecular weight is 378 g/mol. The van der Waals surface area contributed by atoms with Crippen LogP contribution in [0, 0.1) is 0 Å². The summed E-state index contributed by atoms with van der Waals surface area (Å²) in [6, 6.07) is 13.7. The van der Waals surface area contributed by atoms with Gasteiger partial charge in [-0.05, 0) is 24.3 Å². The van der Waals surface area contributed by atoms with Crippen molar-refractivity contribution in [3.05, 3.63) is 76.3 Å². The number of hydrogen-bond donors (Lipinski definition) is 0. The molecule has 0 N–H and O–H groups in total. The number of hydrogen-bond acceptors (Lipinski definition) is 6. The monoisotopic (exact) mass is 378 g/mol. The topological polar surface area (TPSA) is 76.6 Å². The first-order chi connectivity index (χ1) is 13.1. The van der Waals surface area contributed by atoms with Gasteiger partial charge in [-0.1, -0.05) is 24.3 Å². The summed E-state index contributed by atoms with van der Waals surface area (Å²) in [5.41, 5.74) is 2.81. The van der Waals surface area contributed by atoms with Gasteiger partial charge >= 0.3 is 5.97 Å². The van der Waals surface area contributed by atoms with E-state index in [1.165, 1.54) is 23.3 Å². The van der Waals surface area contributed by atoms with E-state index in [1.807, 2.05) is 5.38 Å². The van der Waals surface area contributed by atoms with Gasteiger partial charge in [0.1, 0.15) is 5.01 Å². The second-order valence-electron chi connectivity index (χ2n) is 5.95. The van der Waals surface area contributed by atoms with Gasteiger partial charge in [-0.2, -0.15) is 0 Å². The SMILES string of the molecule is COC(=O)c1ccc(-c2nc(CN3C(=O)c4ccccc4C3=O)cs2)cc1. The molecule has 0 saturated carbocycles. The molecule has 2 heterocycles. The molecule has 2 amide bonds. The van der Waals surface area contributed by atoms with Crippen LogP contribution in [-0.2, 0) is 11.3 Å². The smallest absolute Gasteiger partial charge is 0.337 e. The number of ether oxygens (including phenoxy) is 1. The van der Waals surface area contributed by atoms with Gasteiger partial charge in [0.2, 0.25) is 0 Å². The van der Waals surface area contributed by atoms with E-state index >= 15 is 0 Å². The number of amides is 2. The Morgan fingerprint density at radius 2 is 1.67 bits per heavy atom. The van der Waals surface area contributed by atoms with E-state index in [0.29, 0.717) is 22.4 Å². The van der Waals surface area contributed by atoms with E-state index in [9.17, 15) is 14.4 Å². The summed E-state index contributed by atoms with van der Waals surface area (Å²) in [5, 5.41) is 2.57. The zero-order valence-electron chi connectivity index (χ0n) is 14.3. The standard InChI is InChI=1S/C20H14N2O4S/c1-26-20(25)13-8-6-12(7-9-13)17-21-14(11-27-17)10-22-18(23)15-4-2-3-5-16(15)19(22)24/h2-9,11H,10H2,1H3. The second-order valence-corrected chi connectivity index (χ2v) is 6.81. The fourth-order valence-electron chi connectivity index (χ4n) is 2.92. The fourth-order valence-corrected chi connectivity index (χ4v) is 3.74. The number of nitrogens with zero attached hydrogens (tertiary/aromatic N) is 2. The average Bonchev–Trinajstić information content (AvgIpc) is 3.27. The third-order valence-electron chi connectivity index (χ3n) is 4.30. The summed E-state index contributed by atoms with van der Waals surface area (Å²) in [5.74, 6) is -0.993. The van der Waals surface area contributed by atoms with Crippen LogP contribution >= 0.6 is 11.3 Å². The predicted molar refractivity (Wildman–Crippen MR) is 99.5 cm³/mol. The van der Waals surface area contributed by atoms with Crippen LogP contribution < -0.4 is 0 Å². The van der Waals surface area contributed by atoms with Crippen molar-refractivity contribution >= 4 is 29.1 Å². The number of aromatic nitrogens is 1. The first kappa shape index (κ1) is 17.1. The van der Waals surface area contributed by atoms with Crippen LogP contribution in [0.3, 0.4) is 0 Å². The number of benzene rings is 2. The summed E-state index contributed by atoms with van der Waals surface area (Å²) in [6.45, 7) is 0.128. The summed E-state index contributed by atoms with van der Waals surface area (Å²) in [7, 11) is 1.34. The highest BCUT2D eigenvalue weighted by atomic mass is 32.1. The Morgan fingerprint density at radius 3 is 2.26 bits per heavy atom. The van der Waals surface area contributed by atoms with Gasteiger partial charge in [-0.25, -0.2) is 9.78 Å². The highest BCUT2D eigenvalue weighted by Gasteiger charge is 2.35. The van der Waals surface area contributed by atoms with Gasteiger partial charge in [0.25, 0.3) is 11.8 Å². The molecule has 1 aliphatic rings. The van der Waals surface area contributed by atoms with Crippen molar-refractivity contribution in [3.63, 3.8) is 0 Å². The maximum absolute atomic E-state index is 12.5. The van der Waals surface area contributed by atoms with Gasteiger partial charge in [-0.15, -0.1) is 11.3 Å². The van der Waals surface area contributed by atoms with Crippen molar-refractivity contribution < 1.29 is 19.1 Å². The molecule has 0 unspecified atom stereocenters. The van der Waals surface area contributed by atoms with Crippen LogP contribution in [0.25, 0.3) is 10.6 Å². The maximum Gasteiger partial charge on any atom is 0.337 e. The molecule has 0 spiro atoms. The van der Waals surface area contributed by atoms with Gasteiger partial charge in [0.15, 0.2) is 0 Å². The normalized spacial score (nSPS) is 13.0.